The van der Waals surface area contributed by atoms with E-state index in [9.17, 15) is 9.90 Å². The van der Waals surface area contributed by atoms with Gasteiger partial charge in [0.2, 0.25) is 0 Å². The fraction of sp³-hybridized carbons (Fsp3) is 0.167. The van der Waals surface area contributed by atoms with E-state index in [-0.39, 0.29) is 5.75 Å². The van der Waals surface area contributed by atoms with Gasteiger partial charge in [0, 0.05) is 30.6 Å². The number of rotatable bonds is 4. The predicted octanol–water partition coefficient (Wildman–Crippen LogP) is 3.13. The maximum absolute atomic E-state index is 11.7. The van der Waals surface area contributed by atoms with E-state index in [1.807, 2.05) is 25.2 Å². The van der Waals surface area contributed by atoms with E-state index in [1.54, 1.807) is 12.1 Å². The van der Waals surface area contributed by atoms with Crippen LogP contribution in [-0.2, 0) is 13.1 Å². The maximum Gasteiger partial charge on any atom is 0.336 e. The highest BCUT2D eigenvalue weighted by atomic mass is 16.4. The largest absolute Gasteiger partial charge is 0.508 e. The topological polar surface area (TPSA) is 53.7 Å². The van der Waals surface area contributed by atoms with E-state index in [2.05, 4.69) is 17.0 Å². The summed E-state index contributed by atoms with van der Waals surface area (Å²) in [5.41, 5.74) is 2.12. The lowest BCUT2D eigenvalue weighted by molar-refractivity contribution is 0.319. The summed E-state index contributed by atoms with van der Waals surface area (Å²) in [4.78, 5) is 13.8. The average molecular weight is 295 g/mol. The van der Waals surface area contributed by atoms with Crippen molar-refractivity contribution in [2.75, 3.05) is 7.05 Å². The first kappa shape index (κ1) is 14.4. The molecule has 0 aliphatic rings. The lowest BCUT2D eigenvalue weighted by Crippen LogP contribution is -2.18. The Morgan fingerprint density at radius 1 is 1.05 bits per heavy atom. The highest BCUT2D eigenvalue weighted by Crippen LogP contribution is 2.22. The number of aromatic hydroxyl groups is 1. The molecule has 0 amide bonds. The Morgan fingerprint density at radius 2 is 1.82 bits per heavy atom. The molecular formula is C18H17NO3. The van der Waals surface area contributed by atoms with E-state index < -0.39 is 5.63 Å². The summed E-state index contributed by atoms with van der Waals surface area (Å²) in [6.45, 7) is 1.42. The quantitative estimate of drug-likeness (QED) is 0.751. The zero-order valence-electron chi connectivity index (χ0n) is 12.3. The van der Waals surface area contributed by atoms with Crippen LogP contribution in [0.15, 0.2) is 63.8 Å². The molecule has 22 heavy (non-hydrogen) atoms. The van der Waals surface area contributed by atoms with Crippen LogP contribution in [-0.4, -0.2) is 17.1 Å². The predicted molar refractivity (Wildman–Crippen MR) is 85.8 cm³/mol. The number of nitrogens with zero attached hydrogens (tertiary/aromatic N) is 1. The first-order chi connectivity index (χ1) is 10.6. The van der Waals surface area contributed by atoms with Crippen molar-refractivity contribution >= 4 is 11.0 Å². The van der Waals surface area contributed by atoms with E-state index in [0.29, 0.717) is 12.1 Å². The van der Waals surface area contributed by atoms with Crippen molar-refractivity contribution in [3.8, 4) is 5.75 Å². The SMILES string of the molecule is CN(Cc1ccccc1)Cc1cc(=O)oc2cc(O)ccc12. The molecule has 1 aromatic heterocycles. The minimum Gasteiger partial charge on any atom is -0.508 e. The number of phenolic OH excluding ortho intramolecular Hbond substituents is 1. The highest BCUT2D eigenvalue weighted by molar-refractivity contribution is 5.81. The van der Waals surface area contributed by atoms with Crippen molar-refractivity contribution in [2.24, 2.45) is 0 Å². The van der Waals surface area contributed by atoms with Gasteiger partial charge in [-0.25, -0.2) is 4.79 Å². The van der Waals surface area contributed by atoms with Gasteiger partial charge < -0.3 is 9.52 Å². The fourth-order valence-corrected chi connectivity index (χ4v) is 2.59. The number of hydrogen-bond acceptors (Lipinski definition) is 4. The third-order valence-electron chi connectivity index (χ3n) is 3.55. The molecular weight excluding hydrogens is 278 g/mol. The van der Waals surface area contributed by atoms with Crippen LogP contribution in [0.1, 0.15) is 11.1 Å². The van der Waals surface area contributed by atoms with Crippen LogP contribution < -0.4 is 5.63 Å². The summed E-state index contributed by atoms with van der Waals surface area (Å²) < 4.78 is 5.15. The normalized spacial score (nSPS) is 11.2. The molecule has 0 unspecified atom stereocenters. The molecule has 112 valence electrons. The second-order valence-corrected chi connectivity index (χ2v) is 5.43. The number of fused-ring (bicyclic) bond motifs is 1. The summed E-state index contributed by atoms with van der Waals surface area (Å²) in [5.74, 6) is 0.0884. The van der Waals surface area contributed by atoms with E-state index in [0.717, 1.165) is 17.5 Å². The highest BCUT2D eigenvalue weighted by Gasteiger charge is 2.09. The number of phenols is 1. The van der Waals surface area contributed by atoms with Gasteiger partial charge in [-0.1, -0.05) is 30.3 Å². The molecule has 3 rings (SSSR count). The zero-order chi connectivity index (χ0) is 15.5. The number of hydrogen-bond donors (Lipinski definition) is 1. The third-order valence-corrected chi connectivity index (χ3v) is 3.55. The van der Waals surface area contributed by atoms with Gasteiger partial charge in [0.1, 0.15) is 11.3 Å². The molecule has 4 nitrogen and oxygen atoms in total. The van der Waals surface area contributed by atoms with E-state index in [1.165, 1.54) is 17.7 Å². The first-order valence-corrected chi connectivity index (χ1v) is 7.10. The minimum atomic E-state index is -0.402. The summed E-state index contributed by atoms with van der Waals surface area (Å²) in [6.07, 6.45) is 0. The Bertz CT molecular complexity index is 840. The lowest BCUT2D eigenvalue weighted by atomic mass is 10.1. The maximum atomic E-state index is 11.7. The molecule has 0 atom stereocenters. The Balaban J connectivity index is 1.88. The van der Waals surface area contributed by atoms with Crippen LogP contribution in [0.2, 0.25) is 0 Å². The van der Waals surface area contributed by atoms with Crippen LogP contribution in [0.25, 0.3) is 11.0 Å². The van der Waals surface area contributed by atoms with Crippen LogP contribution in [0, 0.1) is 0 Å². The minimum absolute atomic E-state index is 0.0884. The molecule has 0 aliphatic heterocycles. The first-order valence-electron chi connectivity index (χ1n) is 7.10. The van der Waals surface area contributed by atoms with Crippen LogP contribution in [0.5, 0.6) is 5.75 Å². The second-order valence-electron chi connectivity index (χ2n) is 5.43. The van der Waals surface area contributed by atoms with Gasteiger partial charge in [0.25, 0.3) is 0 Å². The van der Waals surface area contributed by atoms with E-state index in [4.69, 9.17) is 4.42 Å². The molecule has 0 radical (unpaired) electrons. The van der Waals surface area contributed by atoms with Gasteiger partial charge >= 0.3 is 5.63 Å². The van der Waals surface area contributed by atoms with Crippen molar-refractivity contribution in [2.45, 2.75) is 13.1 Å². The van der Waals surface area contributed by atoms with Gasteiger partial charge in [-0.15, -0.1) is 0 Å². The Labute approximate surface area is 128 Å². The molecule has 4 heteroatoms. The lowest BCUT2D eigenvalue weighted by Gasteiger charge is -2.17. The van der Waals surface area contributed by atoms with Crippen molar-refractivity contribution in [3.05, 3.63) is 76.1 Å². The number of benzene rings is 2. The molecule has 0 saturated heterocycles. The van der Waals surface area contributed by atoms with Crippen molar-refractivity contribution in [3.63, 3.8) is 0 Å². The molecule has 1 heterocycles. The van der Waals surface area contributed by atoms with Crippen LogP contribution in [0.3, 0.4) is 0 Å². The van der Waals surface area contributed by atoms with Crippen molar-refractivity contribution in [1.29, 1.82) is 0 Å². The van der Waals surface area contributed by atoms with Crippen LogP contribution in [0.4, 0.5) is 0 Å². The van der Waals surface area contributed by atoms with Gasteiger partial charge in [-0.05, 0) is 30.3 Å². The zero-order valence-corrected chi connectivity index (χ0v) is 12.3. The fourth-order valence-electron chi connectivity index (χ4n) is 2.59. The third kappa shape index (κ3) is 3.18. The Morgan fingerprint density at radius 3 is 2.59 bits per heavy atom. The summed E-state index contributed by atoms with van der Waals surface area (Å²) in [5, 5.41) is 10.4. The van der Waals surface area contributed by atoms with Gasteiger partial charge in [-0.3, -0.25) is 4.90 Å². The second kappa shape index (κ2) is 6.03. The monoisotopic (exact) mass is 295 g/mol. The molecule has 0 spiro atoms. The standard InChI is InChI=1S/C18H17NO3/c1-19(11-13-5-3-2-4-6-13)12-14-9-18(21)22-17-10-15(20)7-8-16(14)17/h2-10,20H,11-12H2,1H3. The van der Waals surface area contributed by atoms with Gasteiger partial charge in [0.05, 0.1) is 0 Å². The van der Waals surface area contributed by atoms with Gasteiger partial charge in [-0.2, -0.15) is 0 Å². The Kier molecular flexibility index (Phi) is 3.94. The Hall–Kier alpha value is -2.59. The summed E-state index contributed by atoms with van der Waals surface area (Å²) in [6, 6.07) is 16.5. The molecule has 0 fully saturated rings. The molecule has 0 aliphatic carbocycles. The smallest absolute Gasteiger partial charge is 0.336 e. The molecule has 0 bridgehead atoms. The summed E-state index contributed by atoms with van der Waals surface area (Å²) >= 11 is 0. The molecule has 0 saturated carbocycles. The van der Waals surface area contributed by atoms with Crippen molar-refractivity contribution < 1.29 is 9.52 Å². The summed E-state index contributed by atoms with van der Waals surface area (Å²) in [7, 11) is 2.01. The van der Waals surface area contributed by atoms with Gasteiger partial charge in [0.15, 0.2) is 0 Å². The average Bonchev–Trinajstić information content (AvgIpc) is 2.47. The molecule has 2 aromatic carbocycles. The molecule has 1 N–H and O–H groups in total. The van der Waals surface area contributed by atoms with Crippen molar-refractivity contribution in [1.82, 2.24) is 4.90 Å². The van der Waals surface area contributed by atoms with E-state index >= 15 is 0 Å². The van der Waals surface area contributed by atoms with Crippen LogP contribution >= 0.6 is 0 Å². The molecule has 3 aromatic rings.